The van der Waals surface area contributed by atoms with Crippen LogP contribution in [0.3, 0.4) is 0 Å². The van der Waals surface area contributed by atoms with E-state index in [0.717, 1.165) is 17.7 Å². The first-order chi connectivity index (χ1) is 15.9. The number of anilines is 1. The molecule has 1 aromatic heterocycles. The lowest BCUT2D eigenvalue weighted by Gasteiger charge is -2.38. The van der Waals surface area contributed by atoms with Gasteiger partial charge in [-0.05, 0) is 29.5 Å². The van der Waals surface area contributed by atoms with E-state index in [-0.39, 0.29) is 17.0 Å². The van der Waals surface area contributed by atoms with Crippen molar-refractivity contribution < 1.29 is 13.9 Å². The number of hydrogen-bond donors (Lipinski definition) is 1. The molecule has 0 fully saturated rings. The predicted octanol–water partition coefficient (Wildman–Crippen LogP) is 5.38. The summed E-state index contributed by atoms with van der Waals surface area (Å²) in [5.41, 5.74) is 2.91. The molecule has 0 saturated heterocycles. The summed E-state index contributed by atoms with van der Waals surface area (Å²) in [5, 5.41) is 8.62. The van der Waals surface area contributed by atoms with Crippen molar-refractivity contribution in [3.8, 4) is 5.75 Å². The number of hydrogen-bond acceptors (Lipinski definition) is 6. The molecule has 0 radical (unpaired) electrons. The van der Waals surface area contributed by atoms with E-state index in [1.807, 2.05) is 30.3 Å². The van der Waals surface area contributed by atoms with Gasteiger partial charge in [-0.15, -0.1) is 5.10 Å². The zero-order valence-electron chi connectivity index (χ0n) is 18.8. The monoisotopic (exact) mass is 464 g/mol. The molecule has 2 aliphatic rings. The van der Waals surface area contributed by atoms with Gasteiger partial charge in [0, 0.05) is 29.0 Å². The normalized spacial score (nSPS) is 19.0. The van der Waals surface area contributed by atoms with Gasteiger partial charge < -0.3 is 10.1 Å². The lowest BCUT2D eigenvalue weighted by molar-refractivity contribution is -0.118. The van der Waals surface area contributed by atoms with Crippen LogP contribution in [-0.4, -0.2) is 27.7 Å². The Morgan fingerprint density at radius 1 is 1.18 bits per heavy atom. The standard InChI is InChI=1S/C25H25FN4O2S/c1-25(2)12-18-21(19(31)13-25)22(16-9-5-7-11-20(16)32-3)30-23(27-18)28-24(29-30)33-14-15-8-4-6-10-17(15)26/h4-11,22H,12-14H2,1-3H3,(H,27,28,29)/t22-/m0/s1. The van der Waals surface area contributed by atoms with Crippen LogP contribution in [-0.2, 0) is 10.5 Å². The van der Waals surface area contributed by atoms with Gasteiger partial charge >= 0.3 is 0 Å². The molecular weight excluding hydrogens is 439 g/mol. The maximum absolute atomic E-state index is 14.1. The first-order valence-electron chi connectivity index (χ1n) is 10.9. The summed E-state index contributed by atoms with van der Waals surface area (Å²) in [4.78, 5) is 18.0. The highest BCUT2D eigenvalue weighted by Crippen LogP contribution is 2.47. The van der Waals surface area contributed by atoms with Gasteiger partial charge in [-0.3, -0.25) is 4.79 Å². The van der Waals surface area contributed by atoms with Crippen molar-refractivity contribution in [1.82, 2.24) is 14.8 Å². The maximum atomic E-state index is 14.1. The van der Waals surface area contributed by atoms with E-state index in [4.69, 9.17) is 9.84 Å². The van der Waals surface area contributed by atoms with Crippen LogP contribution in [0.5, 0.6) is 5.75 Å². The van der Waals surface area contributed by atoms with Crippen LogP contribution in [0.4, 0.5) is 10.3 Å². The number of thioether (sulfide) groups is 1. The van der Waals surface area contributed by atoms with Gasteiger partial charge in [0.05, 0.1) is 7.11 Å². The molecule has 2 aromatic carbocycles. The van der Waals surface area contributed by atoms with Crippen molar-refractivity contribution in [2.24, 2.45) is 5.41 Å². The Balaban J connectivity index is 1.56. The number of para-hydroxylation sites is 1. The van der Waals surface area contributed by atoms with E-state index in [9.17, 15) is 9.18 Å². The molecule has 5 rings (SSSR count). The highest BCUT2D eigenvalue weighted by Gasteiger charge is 2.42. The van der Waals surface area contributed by atoms with Crippen LogP contribution in [0, 0.1) is 11.2 Å². The van der Waals surface area contributed by atoms with Gasteiger partial charge in [0.15, 0.2) is 5.78 Å². The lowest BCUT2D eigenvalue weighted by atomic mass is 9.73. The molecule has 1 aliphatic carbocycles. The Bertz CT molecular complexity index is 1270. The summed E-state index contributed by atoms with van der Waals surface area (Å²) >= 11 is 1.36. The van der Waals surface area contributed by atoms with E-state index in [0.29, 0.717) is 40.2 Å². The number of nitrogens with one attached hydrogen (secondary N) is 1. The molecule has 3 aromatic rings. The van der Waals surface area contributed by atoms with Crippen LogP contribution in [0.15, 0.2) is 65.0 Å². The summed E-state index contributed by atoms with van der Waals surface area (Å²) < 4.78 is 21.5. The van der Waals surface area contributed by atoms with Gasteiger partial charge in [0.1, 0.15) is 17.6 Å². The minimum absolute atomic E-state index is 0.103. The number of allylic oxidation sites excluding steroid dienone is 2. The third kappa shape index (κ3) is 4.04. The van der Waals surface area contributed by atoms with Crippen molar-refractivity contribution in [1.29, 1.82) is 0 Å². The van der Waals surface area contributed by atoms with E-state index in [1.54, 1.807) is 23.9 Å². The topological polar surface area (TPSA) is 69.0 Å². The number of ketones is 1. The van der Waals surface area contributed by atoms with E-state index < -0.39 is 6.04 Å². The number of Topliss-reactive ketones (excluding diaryl/α,β-unsaturated/α-hetero) is 1. The predicted molar refractivity (Wildman–Crippen MR) is 126 cm³/mol. The largest absolute Gasteiger partial charge is 0.496 e. The molecule has 0 unspecified atom stereocenters. The first-order valence-corrected chi connectivity index (χ1v) is 11.8. The van der Waals surface area contributed by atoms with Crippen molar-refractivity contribution in [3.05, 3.63) is 76.7 Å². The fraction of sp³-hybridized carbons (Fsp3) is 0.320. The molecule has 2 heterocycles. The Hall–Kier alpha value is -3.13. The highest BCUT2D eigenvalue weighted by atomic mass is 32.2. The van der Waals surface area contributed by atoms with E-state index in [2.05, 4.69) is 24.1 Å². The van der Waals surface area contributed by atoms with E-state index in [1.165, 1.54) is 17.8 Å². The highest BCUT2D eigenvalue weighted by molar-refractivity contribution is 7.98. The summed E-state index contributed by atoms with van der Waals surface area (Å²) in [6.07, 6.45) is 1.21. The number of methoxy groups -OCH3 is 1. The Labute approximate surface area is 196 Å². The number of carbonyl (C=O) groups is 1. The van der Waals surface area contributed by atoms with Crippen molar-refractivity contribution in [2.45, 2.75) is 43.6 Å². The average Bonchev–Trinajstić information content (AvgIpc) is 3.18. The second-order valence-corrected chi connectivity index (χ2v) is 10.1. The molecule has 170 valence electrons. The number of aromatic nitrogens is 3. The van der Waals surface area contributed by atoms with Crippen molar-refractivity contribution >= 4 is 23.5 Å². The van der Waals surface area contributed by atoms with Crippen LogP contribution in [0.25, 0.3) is 0 Å². The zero-order valence-corrected chi connectivity index (χ0v) is 19.6. The first kappa shape index (κ1) is 21.7. The van der Waals surface area contributed by atoms with Gasteiger partial charge in [0.25, 0.3) is 0 Å². The van der Waals surface area contributed by atoms with Gasteiger partial charge in [-0.1, -0.05) is 62.0 Å². The molecular formula is C25H25FN4O2S. The quantitative estimate of drug-likeness (QED) is 0.512. The lowest BCUT2D eigenvalue weighted by Crippen LogP contribution is -2.36. The van der Waals surface area contributed by atoms with Crippen LogP contribution < -0.4 is 10.1 Å². The molecule has 0 bridgehead atoms. The van der Waals surface area contributed by atoms with Crippen LogP contribution in [0.1, 0.15) is 43.9 Å². The number of halogens is 1. The number of nitrogens with zero attached hydrogens (tertiary/aromatic N) is 3. The molecule has 0 amide bonds. The fourth-order valence-electron chi connectivity index (χ4n) is 4.59. The minimum Gasteiger partial charge on any atom is -0.496 e. The molecule has 6 nitrogen and oxygen atoms in total. The van der Waals surface area contributed by atoms with Crippen molar-refractivity contribution in [2.75, 3.05) is 12.4 Å². The number of rotatable bonds is 5. The third-order valence-corrected chi connectivity index (χ3v) is 6.95. The van der Waals surface area contributed by atoms with Crippen LogP contribution >= 0.6 is 11.8 Å². The SMILES string of the molecule is COc1ccccc1[C@H]1C2=C(CC(C)(C)CC2=O)Nc2nc(SCc3ccccc3F)nn21. The minimum atomic E-state index is -0.439. The second-order valence-electron chi connectivity index (χ2n) is 9.15. The zero-order chi connectivity index (χ0) is 23.2. The van der Waals surface area contributed by atoms with E-state index >= 15 is 0 Å². The molecule has 1 aliphatic heterocycles. The molecule has 1 N–H and O–H groups in total. The summed E-state index contributed by atoms with van der Waals surface area (Å²) in [6, 6.07) is 13.9. The number of ether oxygens (including phenoxy) is 1. The third-order valence-electron chi connectivity index (χ3n) is 6.06. The smallest absolute Gasteiger partial charge is 0.227 e. The molecule has 1 atom stereocenters. The van der Waals surface area contributed by atoms with Crippen LogP contribution in [0.2, 0.25) is 0 Å². The summed E-state index contributed by atoms with van der Waals surface area (Å²) in [5.74, 6) is 1.53. The molecule has 33 heavy (non-hydrogen) atoms. The van der Waals surface area contributed by atoms with Gasteiger partial charge in [0.2, 0.25) is 11.1 Å². The summed E-state index contributed by atoms with van der Waals surface area (Å²) in [6.45, 7) is 4.20. The van der Waals surface area contributed by atoms with Crippen molar-refractivity contribution in [3.63, 3.8) is 0 Å². The number of fused-ring (bicyclic) bond motifs is 1. The average molecular weight is 465 g/mol. The number of benzene rings is 2. The Kier molecular flexibility index (Phi) is 5.48. The molecule has 0 saturated carbocycles. The molecule has 8 heteroatoms. The Morgan fingerprint density at radius 3 is 2.73 bits per heavy atom. The Morgan fingerprint density at radius 2 is 1.94 bits per heavy atom. The maximum Gasteiger partial charge on any atom is 0.227 e. The van der Waals surface area contributed by atoms with Gasteiger partial charge in [-0.25, -0.2) is 9.07 Å². The number of carbonyl (C=O) groups excluding carboxylic acids is 1. The van der Waals surface area contributed by atoms with Gasteiger partial charge in [-0.2, -0.15) is 4.98 Å². The second kappa shape index (κ2) is 8.33. The fourth-order valence-corrected chi connectivity index (χ4v) is 5.40. The summed E-state index contributed by atoms with van der Waals surface area (Å²) in [7, 11) is 1.62. The molecule has 0 spiro atoms.